The lowest BCUT2D eigenvalue weighted by Crippen LogP contribution is -2.56. The molecule has 0 bridgehead atoms. The molecule has 0 heterocycles. The summed E-state index contributed by atoms with van der Waals surface area (Å²) in [7, 11) is 1.22. The number of benzene rings is 1. The number of carbonyl (C=O) groups excluding carboxylic acids is 1. The summed E-state index contributed by atoms with van der Waals surface area (Å²) in [6, 6.07) is 8.35. The van der Waals surface area contributed by atoms with Gasteiger partial charge in [-0.2, -0.15) is 0 Å². The van der Waals surface area contributed by atoms with Crippen molar-refractivity contribution in [2.24, 2.45) is 0 Å². The monoisotopic (exact) mass is 266 g/mol. The molecule has 0 aromatic heterocycles. The van der Waals surface area contributed by atoms with E-state index in [0.29, 0.717) is 6.54 Å². The number of nitro groups is 1. The van der Waals surface area contributed by atoms with E-state index in [4.69, 9.17) is 0 Å². The van der Waals surface area contributed by atoms with Crippen LogP contribution in [0.2, 0.25) is 0 Å². The van der Waals surface area contributed by atoms with Gasteiger partial charge in [0, 0.05) is 25.3 Å². The van der Waals surface area contributed by atoms with Gasteiger partial charge in [0.05, 0.1) is 7.11 Å². The van der Waals surface area contributed by atoms with Gasteiger partial charge in [-0.05, 0) is 5.56 Å². The molecule has 19 heavy (non-hydrogen) atoms. The van der Waals surface area contributed by atoms with Gasteiger partial charge < -0.3 is 4.74 Å². The van der Waals surface area contributed by atoms with Crippen molar-refractivity contribution in [3.63, 3.8) is 0 Å². The van der Waals surface area contributed by atoms with Crippen LogP contribution in [0.15, 0.2) is 30.3 Å². The Morgan fingerprint density at radius 1 is 1.42 bits per heavy atom. The molecule has 1 rings (SSSR count). The maximum atomic E-state index is 11.7. The van der Waals surface area contributed by atoms with Crippen LogP contribution < -0.4 is 5.32 Å². The van der Waals surface area contributed by atoms with Gasteiger partial charge in [-0.25, -0.2) is 0 Å². The highest BCUT2D eigenvalue weighted by molar-refractivity contribution is 5.77. The Hall–Kier alpha value is -1.95. The number of hydrogen-bond donors (Lipinski definition) is 1. The van der Waals surface area contributed by atoms with Gasteiger partial charge in [0.1, 0.15) is 0 Å². The van der Waals surface area contributed by atoms with E-state index in [1.807, 2.05) is 30.3 Å². The molecule has 0 fully saturated rings. The predicted molar refractivity (Wildman–Crippen MR) is 70.2 cm³/mol. The van der Waals surface area contributed by atoms with Crippen LogP contribution in [-0.2, 0) is 16.1 Å². The zero-order valence-corrected chi connectivity index (χ0v) is 11.3. The highest BCUT2D eigenvalue weighted by atomic mass is 16.6. The number of nitrogens with zero attached hydrogens (tertiary/aromatic N) is 1. The zero-order chi connectivity index (χ0) is 14.5. The summed E-state index contributed by atoms with van der Waals surface area (Å²) in [5.41, 5.74) is -0.502. The third-order valence-electron chi connectivity index (χ3n) is 2.97. The third kappa shape index (κ3) is 3.75. The van der Waals surface area contributed by atoms with E-state index in [1.165, 1.54) is 21.0 Å². The fourth-order valence-electron chi connectivity index (χ4n) is 1.66. The van der Waals surface area contributed by atoms with Crippen LogP contribution in [0.4, 0.5) is 0 Å². The average molecular weight is 266 g/mol. The topological polar surface area (TPSA) is 81.5 Å². The molecule has 0 saturated carbocycles. The summed E-state index contributed by atoms with van der Waals surface area (Å²) >= 11 is 0. The first-order valence-corrected chi connectivity index (χ1v) is 5.89. The van der Waals surface area contributed by atoms with Gasteiger partial charge in [0.25, 0.3) is 0 Å². The third-order valence-corrected chi connectivity index (χ3v) is 2.97. The largest absolute Gasteiger partial charge is 0.468 e. The standard InChI is InChI=1S/C13H18N2O4/c1-13(2,15(17)18)11(12(16)19-3)14-9-10-7-5-4-6-8-10/h4-8,11,14H,9H2,1-3H3. The lowest BCUT2D eigenvalue weighted by molar-refractivity contribution is -0.563. The molecule has 6 nitrogen and oxygen atoms in total. The zero-order valence-electron chi connectivity index (χ0n) is 11.3. The minimum Gasteiger partial charge on any atom is -0.468 e. The van der Waals surface area contributed by atoms with Crippen molar-refractivity contribution >= 4 is 5.97 Å². The van der Waals surface area contributed by atoms with Gasteiger partial charge in [-0.1, -0.05) is 30.3 Å². The number of nitrogens with one attached hydrogen (secondary N) is 1. The highest BCUT2D eigenvalue weighted by Crippen LogP contribution is 2.16. The summed E-state index contributed by atoms with van der Waals surface area (Å²) in [5, 5.41) is 13.9. The SMILES string of the molecule is COC(=O)C(NCc1ccccc1)C(C)(C)[N+](=O)[O-]. The average Bonchev–Trinajstić information content (AvgIpc) is 2.39. The van der Waals surface area contributed by atoms with Crippen LogP contribution in [0, 0.1) is 10.1 Å². The van der Waals surface area contributed by atoms with Crippen LogP contribution in [0.25, 0.3) is 0 Å². The summed E-state index contributed by atoms with van der Waals surface area (Å²) in [6.45, 7) is 3.15. The number of ether oxygens (including phenoxy) is 1. The molecule has 0 saturated heterocycles. The van der Waals surface area contributed by atoms with E-state index in [1.54, 1.807) is 0 Å². The van der Waals surface area contributed by atoms with Gasteiger partial charge >= 0.3 is 5.97 Å². The first-order valence-electron chi connectivity index (χ1n) is 5.89. The van der Waals surface area contributed by atoms with E-state index >= 15 is 0 Å². The molecule has 104 valence electrons. The van der Waals surface area contributed by atoms with Crippen molar-refractivity contribution in [3.8, 4) is 0 Å². The minimum atomic E-state index is -1.44. The van der Waals surface area contributed by atoms with Gasteiger partial charge in [-0.3, -0.25) is 20.2 Å². The number of hydrogen-bond acceptors (Lipinski definition) is 5. The Morgan fingerprint density at radius 2 is 2.00 bits per heavy atom. The van der Waals surface area contributed by atoms with Crippen molar-refractivity contribution in [3.05, 3.63) is 46.0 Å². The van der Waals surface area contributed by atoms with Crippen molar-refractivity contribution in [2.45, 2.75) is 32.0 Å². The van der Waals surface area contributed by atoms with Crippen LogP contribution in [0.1, 0.15) is 19.4 Å². The molecular formula is C13H18N2O4. The molecule has 0 aliphatic rings. The fourth-order valence-corrected chi connectivity index (χ4v) is 1.66. The lowest BCUT2D eigenvalue weighted by Gasteiger charge is -2.25. The first-order chi connectivity index (χ1) is 8.89. The van der Waals surface area contributed by atoms with Crippen LogP contribution in [0.3, 0.4) is 0 Å². The molecular weight excluding hydrogens is 248 g/mol. The molecule has 1 aromatic carbocycles. The Morgan fingerprint density at radius 3 is 2.47 bits per heavy atom. The molecule has 0 aliphatic heterocycles. The Kier molecular flexibility index (Phi) is 5.00. The second-order valence-corrected chi connectivity index (χ2v) is 4.73. The molecule has 1 atom stereocenters. The second-order valence-electron chi connectivity index (χ2n) is 4.73. The lowest BCUT2D eigenvalue weighted by atomic mass is 9.95. The van der Waals surface area contributed by atoms with E-state index < -0.39 is 22.5 Å². The van der Waals surface area contributed by atoms with Gasteiger partial charge in [0.2, 0.25) is 5.54 Å². The molecule has 0 aliphatic carbocycles. The number of rotatable bonds is 6. The minimum absolute atomic E-state index is 0.359. The maximum Gasteiger partial charge on any atom is 0.330 e. The molecule has 1 unspecified atom stereocenters. The smallest absolute Gasteiger partial charge is 0.330 e. The van der Waals surface area contributed by atoms with Crippen LogP contribution >= 0.6 is 0 Å². The highest BCUT2D eigenvalue weighted by Gasteiger charge is 2.46. The fraction of sp³-hybridized carbons (Fsp3) is 0.462. The van der Waals surface area contributed by atoms with Gasteiger partial charge in [-0.15, -0.1) is 0 Å². The van der Waals surface area contributed by atoms with E-state index in [-0.39, 0.29) is 0 Å². The molecule has 0 radical (unpaired) electrons. The van der Waals surface area contributed by atoms with Crippen molar-refractivity contribution in [1.82, 2.24) is 5.32 Å². The Labute approximate surface area is 111 Å². The summed E-state index contributed by atoms with van der Waals surface area (Å²) in [6.07, 6.45) is 0. The van der Waals surface area contributed by atoms with E-state index in [2.05, 4.69) is 10.1 Å². The quantitative estimate of drug-likeness (QED) is 0.478. The number of esters is 1. The van der Waals surface area contributed by atoms with Gasteiger partial charge in [0.15, 0.2) is 6.04 Å². The van der Waals surface area contributed by atoms with E-state index in [0.717, 1.165) is 5.56 Å². The van der Waals surface area contributed by atoms with Crippen molar-refractivity contribution in [1.29, 1.82) is 0 Å². The van der Waals surface area contributed by atoms with Crippen LogP contribution in [0.5, 0.6) is 0 Å². The second kappa shape index (κ2) is 6.29. The first kappa shape index (κ1) is 15.1. The number of carbonyl (C=O) groups is 1. The van der Waals surface area contributed by atoms with Crippen molar-refractivity contribution < 1.29 is 14.5 Å². The Bertz CT molecular complexity index is 445. The van der Waals surface area contributed by atoms with Crippen LogP contribution in [-0.4, -0.2) is 29.6 Å². The predicted octanol–water partition coefficient (Wildman–Crippen LogP) is 1.37. The molecule has 1 aromatic rings. The summed E-state index contributed by atoms with van der Waals surface area (Å²) < 4.78 is 4.63. The summed E-state index contributed by atoms with van der Waals surface area (Å²) in [4.78, 5) is 22.3. The maximum absolute atomic E-state index is 11.7. The normalized spacial score (nSPS) is 12.8. The summed E-state index contributed by atoms with van der Waals surface area (Å²) in [5.74, 6) is -0.641. The molecule has 0 spiro atoms. The molecule has 1 N–H and O–H groups in total. The number of methoxy groups -OCH3 is 1. The Balaban J connectivity index is 2.82. The molecule has 0 amide bonds. The molecule has 6 heteroatoms. The van der Waals surface area contributed by atoms with Crippen molar-refractivity contribution in [2.75, 3.05) is 7.11 Å². The van der Waals surface area contributed by atoms with E-state index in [9.17, 15) is 14.9 Å².